The van der Waals surface area contributed by atoms with E-state index < -0.39 is 17.7 Å². The van der Waals surface area contributed by atoms with Crippen LogP contribution >= 0.6 is 0 Å². The van der Waals surface area contributed by atoms with Gasteiger partial charge in [-0.05, 0) is 25.1 Å². The first-order chi connectivity index (χ1) is 12.9. The maximum Gasteiger partial charge on any atom is 0.379 e. The van der Waals surface area contributed by atoms with Crippen molar-refractivity contribution >= 4 is 17.7 Å². The van der Waals surface area contributed by atoms with E-state index in [-0.39, 0.29) is 24.4 Å². The van der Waals surface area contributed by atoms with Crippen molar-refractivity contribution in [1.29, 1.82) is 0 Å². The third-order valence-corrected chi connectivity index (χ3v) is 2.93. The van der Waals surface area contributed by atoms with Crippen LogP contribution in [0.15, 0.2) is 42.9 Å². The molecule has 0 fully saturated rings. The molecular formula is C18H20O9. The molecular weight excluding hydrogens is 360 g/mol. The molecule has 1 aromatic carbocycles. The Morgan fingerprint density at radius 3 is 2.33 bits per heavy atom. The first kappa shape index (κ1) is 21.7. The monoisotopic (exact) mass is 380 g/mol. The van der Waals surface area contributed by atoms with Crippen LogP contribution in [0.5, 0.6) is 11.5 Å². The Hall–Kier alpha value is -3.33. The van der Waals surface area contributed by atoms with E-state index in [1.165, 1.54) is 39.3 Å². The van der Waals surface area contributed by atoms with Crippen molar-refractivity contribution in [2.45, 2.75) is 6.92 Å². The molecule has 0 aliphatic heterocycles. The van der Waals surface area contributed by atoms with Gasteiger partial charge in [0.2, 0.25) is 0 Å². The highest BCUT2D eigenvalue weighted by molar-refractivity contribution is 6.40. The van der Waals surface area contributed by atoms with E-state index in [0.717, 1.165) is 12.5 Å². The lowest BCUT2D eigenvalue weighted by Crippen LogP contribution is -2.20. The SMILES string of the molecule is C=C(C)C(=O)OC=COOCCOC(=O)C(=O)c1ccc(OC)c(OC)c1. The van der Waals surface area contributed by atoms with E-state index in [9.17, 15) is 14.4 Å². The number of hydrogen-bond acceptors (Lipinski definition) is 9. The quantitative estimate of drug-likeness (QED) is 0.0832. The van der Waals surface area contributed by atoms with Gasteiger partial charge in [-0.15, -0.1) is 0 Å². The van der Waals surface area contributed by atoms with Crippen LogP contribution in [0.2, 0.25) is 0 Å². The summed E-state index contributed by atoms with van der Waals surface area (Å²) in [5, 5.41) is 0. The van der Waals surface area contributed by atoms with Gasteiger partial charge in [-0.25, -0.2) is 9.59 Å². The molecule has 146 valence electrons. The average Bonchev–Trinajstić information content (AvgIpc) is 2.68. The minimum absolute atomic E-state index is 0.0945. The van der Waals surface area contributed by atoms with Gasteiger partial charge in [-0.3, -0.25) is 4.79 Å². The lowest BCUT2D eigenvalue weighted by Gasteiger charge is -2.09. The molecule has 0 aromatic heterocycles. The van der Waals surface area contributed by atoms with Gasteiger partial charge in [0.1, 0.15) is 19.5 Å². The van der Waals surface area contributed by atoms with E-state index in [1.54, 1.807) is 0 Å². The Balaban J connectivity index is 2.34. The molecule has 27 heavy (non-hydrogen) atoms. The Morgan fingerprint density at radius 2 is 1.70 bits per heavy atom. The second kappa shape index (κ2) is 11.3. The van der Waals surface area contributed by atoms with Gasteiger partial charge in [0.25, 0.3) is 5.78 Å². The lowest BCUT2D eigenvalue weighted by molar-refractivity contribution is -0.255. The molecule has 0 saturated heterocycles. The van der Waals surface area contributed by atoms with Gasteiger partial charge in [0.15, 0.2) is 17.8 Å². The molecule has 9 nitrogen and oxygen atoms in total. The van der Waals surface area contributed by atoms with Gasteiger partial charge in [0, 0.05) is 11.1 Å². The molecule has 0 radical (unpaired) electrons. The molecule has 9 heteroatoms. The molecule has 0 bridgehead atoms. The number of rotatable bonds is 11. The molecule has 1 rings (SSSR count). The first-order valence-corrected chi connectivity index (χ1v) is 7.64. The fraction of sp³-hybridized carbons (Fsp3) is 0.278. The molecule has 1 aromatic rings. The van der Waals surface area contributed by atoms with Crippen LogP contribution in [0.4, 0.5) is 0 Å². The summed E-state index contributed by atoms with van der Waals surface area (Å²) in [7, 11) is 2.87. The van der Waals surface area contributed by atoms with Crippen molar-refractivity contribution in [3.05, 3.63) is 48.4 Å². The second-order valence-electron chi connectivity index (χ2n) is 4.91. The zero-order valence-corrected chi connectivity index (χ0v) is 15.2. The van der Waals surface area contributed by atoms with E-state index in [2.05, 4.69) is 21.1 Å². The summed E-state index contributed by atoms with van der Waals surface area (Å²) in [5.41, 5.74) is 0.323. The number of hydrogen-bond donors (Lipinski definition) is 0. The third-order valence-electron chi connectivity index (χ3n) is 2.93. The van der Waals surface area contributed by atoms with Crippen molar-refractivity contribution in [3.8, 4) is 11.5 Å². The van der Waals surface area contributed by atoms with Crippen LogP contribution in [0.1, 0.15) is 17.3 Å². The van der Waals surface area contributed by atoms with Gasteiger partial charge in [-0.1, -0.05) is 6.58 Å². The summed E-state index contributed by atoms with van der Waals surface area (Å²) in [4.78, 5) is 44.0. The normalized spacial score (nSPS) is 10.2. The van der Waals surface area contributed by atoms with Crippen molar-refractivity contribution < 1.29 is 43.1 Å². The van der Waals surface area contributed by atoms with Crippen LogP contribution < -0.4 is 9.47 Å². The number of esters is 2. The number of benzene rings is 1. The molecule has 0 N–H and O–H groups in total. The van der Waals surface area contributed by atoms with E-state index >= 15 is 0 Å². The van der Waals surface area contributed by atoms with Crippen molar-refractivity contribution in [2.75, 3.05) is 27.4 Å². The van der Waals surface area contributed by atoms with Crippen LogP contribution in [-0.2, 0) is 28.8 Å². The van der Waals surface area contributed by atoms with Crippen molar-refractivity contribution in [1.82, 2.24) is 0 Å². The number of carbonyl (C=O) groups excluding carboxylic acids is 3. The summed E-state index contributed by atoms with van der Waals surface area (Å²) < 4.78 is 19.5. The molecule has 0 spiro atoms. The summed E-state index contributed by atoms with van der Waals surface area (Å²) in [6, 6.07) is 4.30. The second-order valence-corrected chi connectivity index (χ2v) is 4.91. The maximum absolute atomic E-state index is 12.0. The first-order valence-electron chi connectivity index (χ1n) is 7.64. The highest BCUT2D eigenvalue weighted by atomic mass is 17.2. The predicted molar refractivity (Wildman–Crippen MR) is 91.9 cm³/mol. The van der Waals surface area contributed by atoms with E-state index in [1.807, 2.05) is 0 Å². The molecule has 0 aliphatic carbocycles. The van der Waals surface area contributed by atoms with Gasteiger partial charge in [-0.2, -0.15) is 4.89 Å². The minimum Gasteiger partial charge on any atom is -0.493 e. The fourth-order valence-corrected chi connectivity index (χ4v) is 1.63. The number of ether oxygens (including phenoxy) is 4. The number of Topliss-reactive ketones (excluding diaryl/α,β-unsaturated/α-hetero) is 1. The predicted octanol–water partition coefficient (Wildman–Crippen LogP) is 1.97. The molecule has 0 aliphatic rings. The largest absolute Gasteiger partial charge is 0.493 e. The number of carbonyl (C=O) groups is 3. The van der Waals surface area contributed by atoms with Crippen LogP contribution in [-0.4, -0.2) is 45.2 Å². The smallest absolute Gasteiger partial charge is 0.379 e. The van der Waals surface area contributed by atoms with Crippen LogP contribution in [0.25, 0.3) is 0 Å². The maximum atomic E-state index is 12.0. The van der Waals surface area contributed by atoms with Crippen molar-refractivity contribution in [2.24, 2.45) is 0 Å². The third kappa shape index (κ3) is 7.20. The highest BCUT2D eigenvalue weighted by Gasteiger charge is 2.19. The Labute approximate surface area is 156 Å². The van der Waals surface area contributed by atoms with Crippen molar-refractivity contribution in [3.63, 3.8) is 0 Å². The van der Waals surface area contributed by atoms with E-state index in [0.29, 0.717) is 11.5 Å². The highest BCUT2D eigenvalue weighted by Crippen LogP contribution is 2.27. The van der Waals surface area contributed by atoms with E-state index in [4.69, 9.17) is 14.2 Å². The fourth-order valence-electron chi connectivity index (χ4n) is 1.63. The average molecular weight is 380 g/mol. The number of ketones is 1. The zero-order valence-electron chi connectivity index (χ0n) is 15.2. The Kier molecular flexibility index (Phi) is 9.10. The molecule has 0 heterocycles. The van der Waals surface area contributed by atoms with Gasteiger partial charge < -0.3 is 23.8 Å². The summed E-state index contributed by atoms with van der Waals surface area (Å²) in [6.45, 7) is 4.51. The zero-order chi connectivity index (χ0) is 20.2. The molecule has 0 amide bonds. The molecule has 0 saturated carbocycles. The molecule has 0 atom stereocenters. The Bertz CT molecular complexity index is 722. The summed E-state index contributed by atoms with van der Waals surface area (Å²) in [6.07, 6.45) is 1.93. The molecule has 0 unspecified atom stereocenters. The lowest BCUT2D eigenvalue weighted by atomic mass is 10.1. The Morgan fingerprint density at radius 1 is 1.00 bits per heavy atom. The van der Waals surface area contributed by atoms with Crippen LogP contribution in [0.3, 0.4) is 0 Å². The van der Waals surface area contributed by atoms with Crippen LogP contribution in [0, 0.1) is 0 Å². The van der Waals surface area contributed by atoms with Gasteiger partial charge >= 0.3 is 11.9 Å². The summed E-state index contributed by atoms with van der Waals surface area (Å²) in [5.74, 6) is -1.78. The minimum atomic E-state index is -1.06. The standard InChI is InChI=1S/C18H20O9/c1-12(2)17(20)24-7-9-26-27-10-8-25-18(21)16(19)13-5-6-14(22-3)15(11-13)23-4/h5-7,9,11H,1,8,10H2,2-4H3. The van der Waals surface area contributed by atoms with Gasteiger partial charge in [0.05, 0.1) is 14.2 Å². The summed E-state index contributed by atoms with van der Waals surface area (Å²) >= 11 is 0. The topological polar surface area (TPSA) is 107 Å². The number of methoxy groups -OCH3 is 2.